The zero-order valence-electron chi connectivity index (χ0n) is 9.00. The summed E-state index contributed by atoms with van der Waals surface area (Å²) in [6, 6.07) is 0.442. The van der Waals surface area contributed by atoms with Gasteiger partial charge in [-0.25, -0.2) is 0 Å². The topological polar surface area (TPSA) is 32.3 Å². The van der Waals surface area contributed by atoms with Gasteiger partial charge in [0.05, 0.1) is 5.60 Å². The Bertz CT molecular complexity index is 240. The van der Waals surface area contributed by atoms with E-state index in [9.17, 15) is 5.11 Å². The SMILES string of the molecule is CCCCC1(O)C2CC3CNC1C3C2. The van der Waals surface area contributed by atoms with E-state index < -0.39 is 0 Å². The van der Waals surface area contributed by atoms with Gasteiger partial charge in [-0.3, -0.25) is 0 Å². The molecular weight excluding hydrogens is 174 g/mol. The minimum absolute atomic E-state index is 0.340. The van der Waals surface area contributed by atoms with Crippen LogP contribution in [0.4, 0.5) is 0 Å². The van der Waals surface area contributed by atoms with Crippen LogP contribution >= 0.6 is 0 Å². The summed E-state index contributed by atoms with van der Waals surface area (Å²) in [5.74, 6) is 2.32. The molecule has 2 heteroatoms. The van der Waals surface area contributed by atoms with Crippen LogP contribution in [0.2, 0.25) is 0 Å². The quantitative estimate of drug-likeness (QED) is 0.716. The molecule has 0 aromatic carbocycles. The highest BCUT2D eigenvalue weighted by Gasteiger charge is 2.62. The van der Waals surface area contributed by atoms with Crippen LogP contribution in [0.1, 0.15) is 39.0 Å². The maximum Gasteiger partial charge on any atom is 0.0831 e. The lowest BCUT2D eigenvalue weighted by Gasteiger charge is -2.37. The van der Waals surface area contributed by atoms with E-state index in [1.165, 1.54) is 32.2 Å². The van der Waals surface area contributed by atoms with Gasteiger partial charge in [0.15, 0.2) is 0 Å². The smallest absolute Gasteiger partial charge is 0.0831 e. The first kappa shape index (κ1) is 9.17. The summed E-state index contributed by atoms with van der Waals surface area (Å²) in [7, 11) is 0. The lowest BCUT2D eigenvalue weighted by Crippen LogP contribution is -2.50. The van der Waals surface area contributed by atoms with Crippen molar-refractivity contribution < 1.29 is 5.11 Å². The van der Waals surface area contributed by atoms with Crippen molar-refractivity contribution in [2.24, 2.45) is 17.8 Å². The number of hydrogen-bond acceptors (Lipinski definition) is 2. The van der Waals surface area contributed by atoms with Crippen molar-refractivity contribution in [3.63, 3.8) is 0 Å². The maximum atomic E-state index is 10.7. The Kier molecular flexibility index (Phi) is 1.94. The summed E-state index contributed by atoms with van der Waals surface area (Å²) in [5, 5.41) is 14.3. The monoisotopic (exact) mass is 195 g/mol. The van der Waals surface area contributed by atoms with Crippen molar-refractivity contribution >= 4 is 0 Å². The van der Waals surface area contributed by atoms with Gasteiger partial charge in [0.25, 0.3) is 0 Å². The summed E-state index contributed by atoms with van der Waals surface area (Å²) < 4.78 is 0. The summed E-state index contributed by atoms with van der Waals surface area (Å²) in [6.07, 6.45) is 5.99. The van der Waals surface area contributed by atoms with Gasteiger partial charge >= 0.3 is 0 Å². The first-order valence-corrected chi connectivity index (χ1v) is 6.21. The van der Waals surface area contributed by atoms with Gasteiger partial charge in [0, 0.05) is 6.04 Å². The summed E-state index contributed by atoms with van der Waals surface area (Å²) >= 11 is 0. The molecule has 1 aliphatic heterocycles. The molecule has 2 aliphatic carbocycles. The molecule has 3 fully saturated rings. The average molecular weight is 195 g/mol. The average Bonchev–Trinajstić information content (AvgIpc) is 2.75. The zero-order valence-corrected chi connectivity index (χ0v) is 9.00. The third kappa shape index (κ3) is 0.989. The number of unbranched alkanes of at least 4 members (excludes halogenated alkanes) is 1. The molecule has 0 aromatic rings. The lowest BCUT2D eigenvalue weighted by atomic mass is 9.76. The molecule has 5 atom stereocenters. The number of hydrogen-bond donors (Lipinski definition) is 2. The van der Waals surface area contributed by atoms with E-state index in [2.05, 4.69) is 12.2 Å². The highest BCUT2D eigenvalue weighted by Crippen LogP contribution is 2.57. The van der Waals surface area contributed by atoms with Gasteiger partial charge in [-0.05, 0) is 43.6 Å². The molecule has 2 N–H and O–H groups in total. The van der Waals surface area contributed by atoms with E-state index in [0.717, 1.165) is 18.3 Å². The Balaban J connectivity index is 1.80. The van der Waals surface area contributed by atoms with Crippen molar-refractivity contribution in [3.05, 3.63) is 0 Å². The normalized spacial score (nSPS) is 54.4. The van der Waals surface area contributed by atoms with Crippen LogP contribution in [0.25, 0.3) is 0 Å². The standard InChI is InChI=1S/C12H21NO/c1-2-3-4-12(14)9-5-8-7-13-11(12)10(8)6-9/h8-11,13-14H,2-7H2,1H3. The molecule has 0 radical (unpaired) electrons. The van der Waals surface area contributed by atoms with Crippen molar-refractivity contribution in [3.8, 4) is 0 Å². The second kappa shape index (κ2) is 2.96. The fraction of sp³-hybridized carbons (Fsp3) is 1.00. The van der Waals surface area contributed by atoms with Crippen molar-refractivity contribution in [1.82, 2.24) is 5.32 Å². The highest BCUT2D eigenvalue weighted by atomic mass is 16.3. The molecular formula is C12H21NO. The first-order chi connectivity index (χ1) is 6.75. The number of aliphatic hydroxyl groups is 1. The van der Waals surface area contributed by atoms with Crippen LogP contribution in [0.3, 0.4) is 0 Å². The maximum absolute atomic E-state index is 10.7. The van der Waals surface area contributed by atoms with Gasteiger partial charge in [0.2, 0.25) is 0 Å². The largest absolute Gasteiger partial charge is 0.388 e. The van der Waals surface area contributed by atoms with E-state index >= 15 is 0 Å². The van der Waals surface area contributed by atoms with Crippen molar-refractivity contribution in [2.75, 3.05) is 6.54 Å². The molecule has 1 saturated heterocycles. The summed E-state index contributed by atoms with van der Waals surface area (Å²) in [5.41, 5.74) is -0.340. The van der Waals surface area contributed by atoms with Crippen LogP contribution in [-0.2, 0) is 0 Å². The van der Waals surface area contributed by atoms with E-state index in [-0.39, 0.29) is 5.60 Å². The van der Waals surface area contributed by atoms with Crippen LogP contribution in [-0.4, -0.2) is 23.3 Å². The fourth-order valence-corrected chi connectivity index (χ4v) is 4.26. The van der Waals surface area contributed by atoms with Gasteiger partial charge in [0.1, 0.15) is 0 Å². The molecule has 3 aliphatic rings. The second-order valence-corrected chi connectivity index (χ2v) is 5.57. The van der Waals surface area contributed by atoms with Crippen LogP contribution in [0, 0.1) is 17.8 Å². The van der Waals surface area contributed by atoms with E-state index in [4.69, 9.17) is 0 Å². The van der Waals surface area contributed by atoms with E-state index in [1.54, 1.807) is 0 Å². The number of fused-ring (bicyclic) bond motifs is 1. The van der Waals surface area contributed by atoms with Gasteiger partial charge in [-0.15, -0.1) is 0 Å². The van der Waals surface area contributed by atoms with Gasteiger partial charge in [-0.2, -0.15) is 0 Å². The molecule has 0 spiro atoms. The fourth-order valence-electron chi connectivity index (χ4n) is 4.26. The molecule has 2 bridgehead atoms. The molecule has 2 saturated carbocycles. The predicted molar refractivity (Wildman–Crippen MR) is 56.0 cm³/mol. The Morgan fingerprint density at radius 1 is 1.43 bits per heavy atom. The molecule has 0 aromatic heterocycles. The zero-order chi connectivity index (χ0) is 9.76. The first-order valence-electron chi connectivity index (χ1n) is 6.21. The molecule has 0 amide bonds. The van der Waals surface area contributed by atoms with Gasteiger partial charge in [-0.1, -0.05) is 19.8 Å². The second-order valence-electron chi connectivity index (χ2n) is 5.57. The minimum Gasteiger partial charge on any atom is -0.388 e. The summed E-state index contributed by atoms with van der Waals surface area (Å²) in [6.45, 7) is 3.38. The highest BCUT2D eigenvalue weighted by molar-refractivity contribution is 5.17. The minimum atomic E-state index is -0.340. The molecule has 1 heterocycles. The van der Waals surface area contributed by atoms with Crippen LogP contribution in [0.15, 0.2) is 0 Å². The summed E-state index contributed by atoms with van der Waals surface area (Å²) in [4.78, 5) is 0. The Hall–Kier alpha value is -0.0800. The lowest BCUT2D eigenvalue weighted by molar-refractivity contribution is -0.0400. The number of rotatable bonds is 3. The molecule has 80 valence electrons. The predicted octanol–water partition coefficient (Wildman–Crippen LogP) is 1.54. The van der Waals surface area contributed by atoms with Crippen LogP contribution < -0.4 is 5.32 Å². The van der Waals surface area contributed by atoms with Crippen molar-refractivity contribution in [2.45, 2.75) is 50.7 Å². The molecule has 3 rings (SSSR count). The van der Waals surface area contributed by atoms with Crippen molar-refractivity contribution in [1.29, 1.82) is 0 Å². The van der Waals surface area contributed by atoms with Gasteiger partial charge < -0.3 is 10.4 Å². The Morgan fingerprint density at radius 3 is 3.07 bits per heavy atom. The van der Waals surface area contributed by atoms with Crippen LogP contribution in [0.5, 0.6) is 0 Å². The molecule has 2 nitrogen and oxygen atoms in total. The Morgan fingerprint density at radius 2 is 2.29 bits per heavy atom. The Labute approximate surface area is 86.1 Å². The third-order valence-electron chi connectivity index (χ3n) is 4.95. The van der Waals surface area contributed by atoms with E-state index in [0.29, 0.717) is 12.0 Å². The molecule has 14 heavy (non-hydrogen) atoms. The third-order valence-corrected chi connectivity index (χ3v) is 4.95. The van der Waals surface area contributed by atoms with E-state index in [1.807, 2.05) is 0 Å². The number of nitrogens with one attached hydrogen (secondary N) is 1. The molecule has 5 unspecified atom stereocenters.